The van der Waals surface area contributed by atoms with E-state index < -0.39 is 7.12 Å². The minimum Gasteiger partial charge on any atom is -0.535 e. The molecule has 1 aliphatic rings. The van der Waals surface area contributed by atoms with Crippen molar-refractivity contribution < 1.29 is 24.3 Å². The third kappa shape index (κ3) is 2.95. The molecule has 0 aromatic heterocycles. The molecule has 0 bridgehead atoms. The third-order valence-electron chi connectivity index (χ3n) is 2.92. The van der Waals surface area contributed by atoms with Crippen LogP contribution in [0.2, 0.25) is 5.82 Å². The maximum Gasteiger partial charge on any atom is 0.525 e. The van der Waals surface area contributed by atoms with Crippen molar-refractivity contribution in [3.63, 3.8) is 0 Å². The van der Waals surface area contributed by atoms with Crippen LogP contribution in [0.4, 0.5) is 0 Å². The highest BCUT2D eigenvalue weighted by molar-refractivity contribution is 6.46. The van der Waals surface area contributed by atoms with Gasteiger partial charge in [-0.2, -0.15) is 0 Å². The molecule has 0 radical (unpaired) electrons. The summed E-state index contributed by atoms with van der Waals surface area (Å²) < 4.78 is 10.7. The van der Waals surface area contributed by atoms with E-state index in [1.807, 2.05) is 26.0 Å². The SMILES string of the molecule is COc1ccc2c(c1C)OB(O)C(C)C2.O=CO. The van der Waals surface area contributed by atoms with Gasteiger partial charge in [-0.05, 0) is 25.0 Å². The van der Waals surface area contributed by atoms with Crippen LogP contribution in [-0.4, -0.2) is 30.8 Å². The van der Waals surface area contributed by atoms with Crippen molar-refractivity contribution in [1.29, 1.82) is 0 Å². The predicted molar refractivity (Wildman–Crippen MR) is 68.2 cm³/mol. The number of hydrogen-bond donors (Lipinski definition) is 2. The number of benzene rings is 1. The molecule has 98 valence electrons. The van der Waals surface area contributed by atoms with E-state index in [1.165, 1.54) is 0 Å². The fourth-order valence-corrected chi connectivity index (χ4v) is 1.96. The molecule has 2 rings (SSSR count). The monoisotopic (exact) mass is 252 g/mol. The summed E-state index contributed by atoms with van der Waals surface area (Å²) >= 11 is 0. The first-order valence-electron chi connectivity index (χ1n) is 5.64. The van der Waals surface area contributed by atoms with Gasteiger partial charge in [-0.25, -0.2) is 0 Å². The van der Waals surface area contributed by atoms with E-state index >= 15 is 0 Å². The molecule has 1 aromatic rings. The van der Waals surface area contributed by atoms with Crippen LogP contribution < -0.4 is 9.39 Å². The van der Waals surface area contributed by atoms with Gasteiger partial charge in [-0.3, -0.25) is 4.79 Å². The van der Waals surface area contributed by atoms with Crippen LogP contribution >= 0.6 is 0 Å². The van der Waals surface area contributed by atoms with Crippen LogP contribution in [0.5, 0.6) is 11.5 Å². The maximum atomic E-state index is 9.65. The average Bonchev–Trinajstić information content (AvgIpc) is 2.33. The number of carboxylic acid groups (broad SMARTS) is 1. The van der Waals surface area contributed by atoms with Gasteiger partial charge in [0, 0.05) is 11.4 Å². The largest absolute Gasteiger partial charge is 0.535 e. The Labute approximate surface area is 106 Å². The van der Waals surface area contributed by atoms with E-state index in [9.17, 15) is 5.02 Å². The number of methoxy groups -OCH3 is 1. The normalized spacial score (nSPS) is 16.9. The molecule has 6 heteroatoms. The van der Waals surface area contributed by atoms with Crippen LogP contribution in [0, 0.1) is 6.92 Å². The molecule has 1 atom stereocenters. The first-order valence-corrected chi connectivity index (χ1v) is 5.64. The molecule has 0 saturated carbocycles. The highest BCUT2D eigenvalue weighted by Gasteiger charge is 2.32. The van der Waals surface area contributed by atoms with Gasteiger partial charge in [0.05, 0.1) is 7.11 Å². The summed E-state index contributed by atoms with van der Waals surface area (Å²) in [5.41, 5.74) is 2.10. The van der Waals surface area contributed by atoms with Crippen molar-refractivity contribution in [2.75, 3.05) is 7.11 Å². The van der Waals surface area contributed by atoms with Gasteiger partial charge in [0.1, 0.15) is 11.5 Å². The lowest BCUT2D eigenvalue weighted by molar-refractivity contribution is -0.122. The molecule has 18 heavy (non-hydrogen) atoms. The Morgan fingerprint density at radius 1 is 1.56 bits per heavy atom. The molecule has 2 N–H and O–H groups in total. The van der Waals surface area contributed by atoms with Gasteiger partial charge in [-0.1, -0.05) is 13.0 Å². The predicted octanol–water partition coefficient (Wildman–Crippen LogP) is 1.51. The first-order chi connectivity index (χ1) is 8.54. The zero-order valence-corrected chi connectivity index (χ0v) is 10.7. The third-order valence-corrected chi connectivity index (χ3v) is 2.92. The van der Waals surface area contributed by atoms with E-state index in [1.54, 1.807) is 7.11 Å². The molecule has 0 amide bonds. The van der Waals surface area contributed by atoms with Crippen molar-refractivity contribution in [2.45, 2.75) is 26.1 Å². The fraction of sp³-hybridized carbons (Fsp3) is 0.417. The smallest absolute Gasteiger partial charge is 0.525 e. The zero-order chi connectivity index (χ0) is 13.7. The second-order valence-corrected chi connectivity index (χ2v) is 4.18. The molecule has 0 aliphatic carbocycles. The second kappa shape index (κ2) is 6.30. The van der Waals surface area contributed by atoms with Crippen LogP contribution in [-0.2, 0) is 11.2 Å². The zero-order valence-electron chi connectivity index (χ0n) is 10.7. The van der Waals surface area contributed by atoms with Crippen LogP contribution in [0.25, 0.3) is 0 Å². The van der Waals surface area contributed by atoms with E-state index in [-0.39, 0.29) is 12.3 Å². The van der Waals surface area contributed by atoms with E-state index in [0.717, 1.165) is 29.0 Å². The van der Waals surface area contributed by atoms with Crippen molar-refractivity contribution in [2.24, 2.45) is 0 Å². The summed E-state index contributed by atoms with van der Waals surface area (Å²) in [6.45, 7) is 3.67. The minimum absolute atomic E-state index is 0.144. The lowest BCUT2D eigenvalue weighted by Crippen LogP contribution is -2.32. The standard InChI is InChI=1S/C11H15BO3.CH2O2/c1-7-6-9-4-5-10(14-3)8(2)11(9)15-12(7)13;2-1-3/h4-5,7,13H,6H2,1-3H3;1H,(H,2,3). The topological polar surface area (TPSA) is 76.0 Å². The molecule has 1 unspecified atom stereocenters. The Balaban J connectivity index is 0.000000492. The number of hydrogen-bond acceptors (Lipinski definition) is 4. The van der Waals surface area contributed by atoms with Gasteiger partial charge < -0.3 is 19.5 Å². The van der Waals surface area contributed by atoms with Crippen LogP contribution in [0.15, 0.2) is 12.1 Å². The van der Waals surface area contributed by atoms with Crippen molar-refractivity contribution >= 4 is 13.6 Å². The Bertz CT molecular complexity index is 421. The van der Waals surface area contributed by atoms with Gasteiger partial charge in [-0.15, -0.1) is 0 Å². The molecule has 0 saturated heterocycles. The maximum absolute atomic E-state index is 9.65. The Morgan fingerprint density at radius 3 is 2.72 bits per heavy atom. The number of ether oxygens (including phenoxy) is 1. The molecular weight excluding hydrogens is 235 g/mol. The fourth-order valence-electron chi connectivity index (χ4n) is 1.96. The van der Waals surface area contributed by atoms with Crippen molar-refractivity contribution in [1.82, 2.24) is 0 Å². The van der Waals surface area contributed by atoms with Crippen LogP contribution in [0.1, 0.15) is 18.1 Å². The van der Waals surface area contributed by atoms with Gasteiger partial charge >= 0.3 is 7.12 Å². The molecule has 0 spiro atoms. The highest BCUT2D eigenvalue weighted by atomic mass is 16.5. The molecule has 1 heterocycles. The Morgan fingerprint density at radius 2 is 2.17 bits per heavy atom. The summed E-state index contributed by atoms with van der Waals surface area (Å²) in [6, 6.07) is 3.95. The van der Waals surface area contributed by atoms with E-state index in [2.05, 4.69) is 0 Å². The van der Waals surface area contributed by atoms with Crippen LogP contribution in [0.3, 0.4) is 0 Å². The lowest BCUT2D eigenvalue weighted by Gasteiger charge is -2.26. The number of fused-ring (bicyclic) bond motifs is 1. The molecular formula is C12H17BO5. The van der Waals surface area contributed by atoms with Gasteiger partial charge in [0.25, 0.3) is 6.47 Å². The Kier molecular flexibility index (Phi) is 5.03. The van der Waals surface area contributed by atoms with Crippen molar-refractivity contribution in [3.8, 4) is 11.5 Å². The van der Waals surface area contributed by atoms with E-state index in [4.69, 9.17) is 19.3 Å². The molecule has 1 aromatic carbocycles. The molecule has 1 aliphatic heterocycles. The summed E-state index contributed by atoms with van der Waals surface area (Å²) in [6.07, 6.45) is 0.849. The minimum atomic E-state index is -0.705. The van der Waals surface area contributed by atoms with E-state index in [0.29, 0.717) is 0 Å². The summed E-state index contributed by atoms with van der Waals surface area (Å²) in [7, 11) is 0.930. The van der Waals surface area contributed by atoms with Gasteiger partial charge in [0.2, 0.25) is 0 Å². The number of rotatable bonds is 1. The highest BCUT2D eigenvalue weighted by Crippen LogP contribution is 2.37. The average molecular weight is 252 g/mol. The quantitative estimate of drug-likeness (QED) is 0.585. The number of carbonyl (C=O) groups is 1. The molecule has 0 fully saturated rings. The summed E-state index contributed by atoms with van der Waals surface area (Å²) in [5.74, 6) is 1.72. The lowest BCUT2D eigenvalue weighted by atomic mass is 9.68. The van der Waals surface area contributed by atoms with Gasteiger partial charge in [0.15, 0.2) is 0 Å². The van der Waals surface area contributed by atoms with Crippen molar-refractivity contribution in [3.05, 3.63) is 23.3 Å². The summed E-state index contributed by atoms with van der Waals surface area (Å²) in [5, 5.41) is 16.5. The second-order valence-electron chi connectivity index (χ2n) is 4.18. The molecule has 5 nitrogen and oxygen atoms in total. The first kappa shape index (κ1) is 14.4. The summed E-state index contributed by atoms with van der Waals surface area (Å²) in [4.78, 5) is 8.36. The Hall–Kier alpha value is -1.69.